The Morgan fingerprint density at radius 2 is 2.07 bits per heavy atom. The van der Waals surface area contributed by atoms with Gasteiger partial charge in [0.25, 0.3) is 0 Å². The van der Waals surface area contributed by atoms with Crippen molar-refractivity contribution >= 4 is 11.5 Å². The predicted octanol–water partition coefficient (Wildman–Crippen LogP) is 1.33. The zero-order valence-corrected chi connectivity index (χ0v) is 6.78. The number of rotatable bonds is 0. The summed E-state index contributed by atoms with van der Waals surface area (Å²) in [5.74, 6) is -0.0250. The molecule has 0 unspecified atom stereocenters. The van der Waals surface area contributed by atoms with Crippen molar-refractivity contribution in [3.63, 3.8) is 0 Å². The van der Waals surface area contributed by atoms with Crippen LogP contribution in [0, 0.1) is 0 Å². The fourth-order valence-corrected chi connectivity index (χ4v) is 1.08. The Bertz CT molecular complexity index is 473. The van der Waals surface area contributed by atoms with Crippen molar-refractivity contribution in [3.8, 4) is 0 Å². The summed E-state index contributed by atoms with van der Waals surface area (Å²) in [7, 11) is 0. The third-order valence-electron chi connectivity index (χ3n) is 1.69. The number of nitrogen functional groups attached to an aromatic ring is 1. The Morgan fingerprint density at radius 3 is 2.64 bits per heavy atom. The first-order valence-corrected chi connectivity index (χ1v) is 3.65. The number of nitrogens with zero attached hydrogens (tertiary/aromatic N) is 3. The second-order valence-corrected chi connectivity index (χ2v) is 2.67. The molecule has 4 nitrogen and oxygen atoms in total. The summed E-state index contributed by atoms with van der Waals surface area (Å²) in [5, 5.41) is 0. The molecule has 0 amide bonds. The summed E-state index contributed by atoms with van der Waals surface area (Å²) in [4.78, 5) is 6.96. The van der Waals surface area contributed by atoms with E-state index in [0.29, 0.717) is 0 Å². The zero-order valence-electron chi connectivity index (χ0n) is 6.78. The fraction of sp³-hybridized carbons (Fsp3) is 0.143. The highest BCUT2D eigenvalue weighted by Crippen LogP contribution is 2.28. The maximum absolute atomic E-state index is 12.2. The van der Waals surface area contributed by atoms with E-state index in [9.17, 15) is 13.2 Å². The van der Waals surface area contributed by atoms with Crippen LogP contribution in [0.3, 0.4) is 0 Å². The van der Waals surface area contributed by atoms with Crippen LogP contribution in [-0.4, -0.2) is 14.4 Å². The standard InChI is InChI=1S/C7H5F3N4/c8-7(9,10)4-3-14-2-1-12-5(11)6(14)13-4/h1-3H,(H2,11,12). The molecule has 2 N–H and O–H groups in total. The van der Waals surface area contributed by atoms with Crippen LogP contribution in [0.5, 0.6) is 0 Å². The van der Waals surface area contributed by atoms with Crippen LogP contribution in [-0.2, 0) is 6.18 Å². The minimum Gasteiger partial charge on any atom is -0.381 e. The number of nitrogens with two attached hydrogens (primary N) is 1. The lowest BCUT2D eigenvalue weighted by molar-refractivity contribution is -0.140. The molecular weight excluding hydrogens is 197 g/mol. The Kier molecular flexibility index (Phi) is 1.63. The summed E-state index contributed by atoms with van der Waals surface area (Å²) >= 11 is 0. The summed E-state index contributed by atoms with van der Waals surface area (Å²) < 4.78 is 37.8. The van der Waals surface area contributed by atoms with E-state index in [-0.39, 0.29) is 11.5 Å². The fourth-order valence-electron chi connectivity index (χ4n) is 1.08. The van der Waals surface area contributed by atoms with Gasteiger partial charge in [0.15, 0.2) is 17.2 Å². The van der Waals surface area contributed by atoms with Gasteiger partial charge in [0.05, 0.1) is 0 Å². The van der Waals surface area contributed by atoms with Gasteiger partial charge in [-0.3, -0.25) is 0 Å². The van der Waals surface area contributed by atoms with Crippen molar-refractivity contribution in [2.24, 2.45) is 0 Å². The summed E-state index contributed by atoms with van der Waals surface area (Å²) in [6, 6.07) is 0. The van der Waals surface area contributed by atoms with Crippen molar-refractivity contribution in [3.05, 3.63) is 24.3 Å². The lowest BCUT2D eigenvalue weighted by Gasteiger charge is -1.98. The maximum Gasteiger partial charge on any atom is 0.434 e. The summed E-state index contributed by atoms with van der Waals surface area (Å²) in [6.45, 7) is 0. The molecule has 7 heteroatoms. The molecule has 2 aromatic heterocycles. The van der Waals surface area contributed by atoms with Crippen LogP contribution in [0.25, 0.3) is 5.65 Å². The molecule has 0 spiro atoms. The predicted molar refractivity (Wildman–Crippen MR) is 42.4 cm³/mol. The molecule has 0 aliphatic carbocycles. The van der Waals surface area contributed by atoms with Gasteiger partial charge in [-0.1, -0.05) is 0 Å². The number of alkyl halides is 3. The van der Waals surface area contributed by atoms with E-state index in [0.717, 1.165) is 6.20 Å². The molecule has 0 aliphatic rings. The minimum atomic E-state index is -4.46. The van der Waals surface area contributed by atoms with E-state index >= 15 is 0 Å². The van der Waals surface area contributed by atoms with E-state index in [1.54, 1.807) is 0 Å². The first-order chi connectivity index (χ1) is 6.48. The second-order valence-electron chi connectivity index (χ2n) is 2.67. The average molecular weight is 202 g/mol. The molecule has 0 saturated carbocycles. The van der Waals surface area contributed by atoms with Crippen molar-refractivity contribution in [2.75, 3.05) is 5.73 Å². The third kappa shape index (κ3) is 1.26. The third-order valence-corrected chi connectivity index (χ3v) is 1.69. The number of aromatic nitrogens is 3. The first kappa shape index (κ1) is 8.79. The van der Waals surface area contributed by atoms with Crippen LogP contribution < -0.4 is 5.73 Å². The molecule has 0 saturated heterocycles. The van der Waals surface area contributed by atoms with E-state index in [4.69, 9.17) is 5.73 Å². The van der Waals surface area contributed by atoms with Crippen LogP contribution in [0.4, 0.5) is 19.0 Å². The molecule has 0 fully saturated rings. The van der Waals surface area contributed by atoms with E-state index < -0.39 is 11.9 Å². The molecule has 2 aromatic rings. The number of hydrogen-bond acceptors (Lipinski definition) is 3. The summed E-state index contributed by atoms with van der Waals surface area (Å²) in [5.41, 5.74) is 4.39. The molecule has 0 bridgehead atoms. The SMILES string of the molecule is Nc1nccn2cc(C(F)(F)F)nc12. The Hall–Kier alpha value is -1.79. The minimum absolute atomic E-state index is 0.0137. The second kappa shape index (κ2) is 2.60. The molecule has 14 heavy (non-hydrogen) atoms. The lowest BCUT2D eigenvalue weighted by Crippen LogP contribution is -2.04. The quantitative estimate of drug-likeness (QED) is 0.701. The highest BCUT2D eigenvalue weighted by atomic mass is 19.4. The van der Waals surface area contributed by atoms with Gasteiger partial charge in [0.1, 0.15) is 0 Å². The number of anilines is 1. The lowest BCUT2D eigenvalue weighted by atomic mass is 10.5. The van der Waals surface area contributed by atoms with Gasteiger partial charge < -0.3 is 10.1 Å². The molecule has 0 atom stereocenters. The van der Waals surface area contributed by atoms with Gasteiger partial charge in [-0.25, -0.2) is 9.97 Å². The first-order valence-electron chi connectivity index (χ1n) is 3.65. The molecule has 2 heterocycles. The Morgan fingerprint density at radius 1 is 1.36 bits per heavy atom. The van der Waals surface area contributed by atoms with Gasteiger partial charge in [-0.05, 0) is 0 Å². The number of hydrogen-bond donors (Lipinski definition) is 1. The van der Waals surface area contributed by atoms with Crippen molar-refractivity contribution in [1.82, 2.24) is 14.4 Å². The molecule has 0 aliphatic heterocycles. The van der Waals surface area contributed by atoms with Crippen molar-refractivity contribution in [2.45, 2.75) is 6.18 Å². The van der Waals surface area contributed by atoms with E-state index in [1.807, 2.05) is 0 Å². The largest absolute Gasteiger partial charge is 0.434 e. The average Bonchev–Trinajstić information content (AvgIpc) is 2.48. The number of halogens is 3. The van der Waals surface area contributed by atoms with Crippen molar-refractivity contribution < 1.29 is 13.2 Å². The van der Waals surface area contributed by atoms with E-state index in [1.165, 1.54) is 16.8 Å². The van der Waals surface area contributed by atoms with Crippen LogP contribution in [0.2, 0.25) is 0 Å². The Balaban J connectivity index is 2.69. The highest BCUT2D eigenvalue weighted by Gasteiger charge is 2.34. The molecule has 0 aromatic carbocycles. The van der Waals surface area contributed by atoms with Crippen LogP contribution in [0.15, 0.2) is 18.6 Å². The van der Waals surface area contributed by atoms with Crippen LogP contribution in [0.1, 0.15) is 5.69 Å². The van der Waals surface area contributed by atoms with Gasteiger partial charge in [-0.15, -0.1) is 0 Å². The van der Waals surface area contributed by atoms with Gasteiger partial charge >= 0.3 is 6.18 Å². The normalized spacial score (nSPS) is 12.2. The highest BCUT2D eigenvalue weighted by molar-refractivity contribution is 5.59. The molecule has 74 valence electrons. The number of imidazole rings is 1. The smallest absolute Gasteiger partial charge is 0.381 e. The summed E-state index contributed by atoms with van der Waals surface area (Å²) in [6.07, 6.45) is -0.927. The van der Waals surface area contributed by atoms with Gasteiger partial charge in [0.2, 0.25) is 0 Å². The molecule has 0 radical (unpaired) electrons. The van der Waals surface area contributed by atoms with E-state index in [2.05, 4.69) is 9.97 Å². The molecule has 2 rings (SSSR count). The topological polar surface area (TPSA) is 56.2 Å². The maximum atomic E-state index is 12.2. The Labute approximate surface area is 76.2 Å². The zero-order chi connectivity index (χ0) is 10.3. The van der Waals surface area contributed by atoms with Gasteiger partial charge in [0, 0.05) is 18.6 Å². The van der Waals surface area contributed by atoms with Gasteiger partial charge in [-0.2, -0.15) is 13.2 Å². The monoisotopic (exact) mass is 202 g/mol. The molecular formula is C7H5F3N4. The van der Waals surface area contributed by atoms with Crippen molar-refractivity contribution in [1.29, 1.82) is 0 Å². The van der Waals surface area contributed by atoms with Crippen LogP contribution >= 0.6 is 0 Å². The number of fused-ring (bicyclic) bond motifs is 1.